The van der Waals surface area contributed by atoms with Gasteiger partial charge in [-0.15, -0.1) is 0 Å². The van der Waals surface area contributed by atoms with Gasteiger partial charge >= 0.3 is 0 Å². The Hall–Kier alpha value is -1.31. The van der Waals surface area contributed by atoms with Gasteiger partial charge in [0.25, 0.3) is 0 Å². The van der Waals surface area contributed by atoms with E-state index in [0.717, 1.165) is 32.3 Å². The Kier molecular flexibility index (Phi) is 5.03. The summed E-state index contributed by atoms with van der Waals surface area (Å²) in [6.07, 6.45) is 3.01. The number of nitrogens with zero attached hydrogens (tertiary/aromatic N) is 1. The lowest BCUT2D eigenvalue weighted by molar-refractivity contribution is -0.118. The molecule has 88 valence electrons. The largest absolute Gasteiger partial charge is 0.341 e. The molecule has 0 unspecified atom stereocenters. The number of amides is 1. The van der Waals surface area contributed by atoms with Crippen LogP contribution in [0.2, 0.25) is 0 Å². The predicted octanol–water partition coefficient (Wildman–Crippen LogP) is 2.79. The van der Waals surface area contributed by atoms with Crippen LogP contribution in [0.25, 0.3) is 0 Å². The van der Waals surface area contributed by atoms with Crippen LogP contribution in [0.5, 0.6) is 0 Å². The number of carbonyl (C=O) groups is 1. The Morgan fingerprint density at radius 2 is 2.06 bits per heavy atom. The highest BCUT2D eigenvalue weighted by atomic mass is 16.1. The first-order valence-electron chi connectivity index (χ1n) is 6.13. The van der Waals surface area contributed by atoms with E-state index in [2.05, 4.69) is 25.1 Å². The van der Waals surface area contributed by atoms with Crippen LogP contribution in [0.1, 0.15) is 37.5 Å². The molecule has 2 rings (SSSR count). The van der Waals surface area contributed by atoms with Crippen LogP contribution in [0.4, 0.5) is 0 Å². The highest BCUT2D eigenvalue weighted by Crippen LogP contribution is 2.19. The molecule has 0 spiro atoms. The van der Waals surface area contributed by atoms with Crippen molar-refractivity contribution in [3.63, 3.8) is 0 Å². The van der Waals surface area contributed by atoms with Crippen molar-refractivity contribution in [1.82, 2.24) is 4.90 Å². The van der Waals surface area contributed by atoms with E-state index in [1.54, 1.807) is 0 Å². The number of rotatable bonds is 2. The molecule has 0 fully saturated rings. The van der Waals surface area contributed by atoms with Gasteiger partial charge in [-0.1, -0.05) is 39.0 Å². The molecule has 1 aliphatic rings. The highest BCUT2D eigenvalue weighted by molar-refractivity contribution is 5.49. The summed E-state index contributed by atoms with van der Waals surface area (Å²) in [6, 6.07) is 6.62. The summed E-state index contributed by atoms with van der Waals surface area (Å²) in [5.41, 5.74) is 4.08. The van der Waals surface area contributed by atoms with Gasteiger partial charge in [0.2, 0.25) is 6.41 Å². The minimum atomic E-state index is 0.784. The standard InChI is InChI=1S/C12H15NO.C2H6/c1-2-10-3-4-11-5-6-13(9-14)8-12(11)7-10;1-2/h3-4,7,9H,2,5-6,8H2,1H3;1-2H3. The number of hydrogen-bond donors (Lipinski definition) is 0. The van der Waals surface area contributed by atoms with Crippen molar-refractivity contribution in [1.29, 1.82) is 0 Å². The van der Waals surface area contributed by atoms with Gasteiger partial charge in [-0.2, -0.15) is 0 Å². The Bertz CT molecular complexity index is 347. The molecule has 2 heteroatoms. The highest BCUT2D eigenvalue weighted by Gasteiger charge is 2.14. The summed E-state index contributed by atoms with van der Waals surface area (Å²) in [5, 5.41) is 0. The molecule has 1 aromatic carbocycles. The molecule has 2 nitrogen and oxygen atoms in total. The van der Waals surface area contributed by atoms with Gasteiger partial charge in [0.15, 0.2) is 0 Å². The van der Waals surface area contributed by atoms with Crippen molar-refractivity contribution < 1.29 is 4.79 Å². The minimum absolute atomic E-state index is 0.784. The number of carbonyl (C=O) groups excluding carboxylic acids is 1. The summed E-state index contributed by atoms with van der Waals surface area (Å²) >= 11 is 0. The average Bonchev–Trinajstić information content (AvgIpc) is 2.39. The zero-order chi connectivity index (χ0) is 12.0. The Labute approximate surface area is 98.3 Å². The second kappa shape index (κ2) is 6.31. The lowest BCUT2D eigenvalue weighted by atomic mass is 9.97. The Balaban J connectivity index is 0.000000606. The fourth-order valence-corrected chi connectivity index (χ4v) is 1.94. The quantitative estimate of drug-likeness (QED) is 0.700. The molecular weight excluding hydrogens is 198 g/mol. The maximum atomic E-state index is 10.7. The lowest BCUT2D eigenvalue weighted by Crippen LogP contribution is -2.29. The van der Waals surface area contributed by atoms with E-state index in [1.807, 2.05) is 18.7 Å². The van der Waals surface area contributed by atoms with E-state index >= 15 is 0 Å². The zero-order valence-electron chi connectivity index (χ0n) is 10.5. The molecule has 0 N–H and O–H groups in total. The van der Waals surface area contributed by atoms with Gasteiger partial charge in [0, 0.05) is 13.1 Å². The molecule has 0 aromatic heterocycles. The molecule has 0 atom stereocenters. The number of aryl methyl sites for hydroxylation is 1. The Morgan fingerprint density at radius 1 is 1.31 bits per heavy atom. The maximum Gasteiger partial charge on any atom is 0.210 e. The molecule has 16 heavy (non-hydrogen) atoms. The van der Waals surface area contributed by atoms with E-state index in [1.165, 1.54) is 16.7 Å². The maximum absolute atomic E-state index is 10.7. The van der Waals surface area contributed by atoms with Crippen LogP contribution in [0.3, 0.4) is 0 Å². The van der Waals surface area contributed by atoms with E-state index in [0.29, 0.717) is 0 Å². The molecule has 0 saturated carbocycles. The molecule has 1 aliphatic heterocycles. The fourth-order valence-electron chi connectivity index (χ4n) is 1.94. The van der Waals surface area contributed by atoms with Crippen LogP contribution >= 0.6 is 0 Å². The summed E-state index contributed by atoms with van der Waals surface area (Å²) < 4.78 is 0. The van der Waals surface area contributed by atoms with Gasteiger partial charge in [0.1, 0.15) is 0 Å². The summed E-state index contributed by atoms with van der Waals surface area (Å²) in [6.45, 7) is 7.80. The third-order valence-electron chi connectivity index (χ3n) is 2.87. The normalized spacial score (nSPS) is 13.6. The molecule has 1 heterocycles. The van der Waals surface area contributed by atoms with Crippen molar-refractivity contribution in [3.05, 3.63) is 34.9 Å². The van der Waals surface area contributed by atoms with Crippen molar-refractivity contribution >= 4 is 6.41 Å². The molecule has 1 amide bonds. The number of benzene rings is 1. The molecule has 0 saturated heterocycles. The SMILES string of the molecule is CC.CCc1ccc2c(c1)CN(C=O)CC2. The molecular formula is C14H21NO. The number of hydrogen-bond acceptors (Lipinski definition) is 1. The van der Waals surface area contributed by atoms with Gasteiger partial charge in [-0.05, 0) is 29.5 Å². The fraction of sp³-hybridized carbons (Fsp3) is 0.500. The van der Waals surface area contributed by atoms with Gasteiger partial charge < -0.3 is 4.90 Å². The van der Waals surface area contributed by atoms with Crippen molar-refractivity contribution in [3.8, 4) is 0 Å². The van der Waals surface area contributed by atoms with Crippen LogP contribution in [0, 0.1) is 0 Å². The van der Waals surface area contributed by atoms with Crippen LogP contribution in [-0.4, -0.2) is 17.9 Å². The molecule has 0 radical (unpaired) electrons. The minimum Gasteiger partial charge on any atom is -0.341 e. The Morgan fingerprint density at radius 3 is 2.69 bits per heavy atom. The summed E-state index contributed by atoms with van der Waals surface area (Å²) in [7, 11) is 0. The second-order valence-corrected chi connectivity index (χ2v) is 3.78. The van der Waals surface area contributed by atoms with E-state index in [-0.39, 0.29) is 0 Å². The van der Waals surface area contributed by atoms with Crippen molar-refractivity contribution in [2.45, 2.75) is 40.2 Å². The second-order valence-electron chi connectivity index (χ2n) is 3.78. The van der Waals surface area contributed by atoms with Crippen LogP contribution in [0.15, 0.2) is 18.2 Å². The van der Waals surface area contributed by atoms with Gasteiger partial charge in [-0.3, -0.25) is 4.79 Å². The van der Waals surface area contributed by atoms with E-state index in [4.69, 9.17) is 0 Å². The third-order valence-corrected chi connectivity index (χ3v) is 2.87. The third kappa shape index (κ3) is 2.84. The summed E-state index contributed by atoms with van der Waals surface area (Å²) in [4.78, 5) is 12.5. The first kappa shape index (κ1) is 12.8. The molecule has 0 aliphatic carbocycles. The van der Waals surface area contributed by atoms with Crippen molar-refractivity contribution in [2.24, 2.45) is 0 Å². The topological polar surface area (TPSA) is 20.3 Å². The van der Waals surface area contributed by atoms with E-state index in [9.17, 15) is 4.79 Å². The lowest BCUT2D eigenvalue weighted by Gasteiger charge is -2.25. The van der Waals surface area contributed by atoms with Crippen LogP contribution in [-0.2, 0) is 24.2 Å². The first-order valence-corrected chi connectivity index (χ1v) is 6.13. The first-order chi connectivity index (χ1) is 7.83. The van der Waals surface area contributed by atoms with Crippen LogP contribution < -0.4 is 0 Å². The average molecular weight is 219 g/mol. The number of fused-ring (bicyclic) bond motifs is 1. The summed E-state index contributed by atoms with van der Waals surface area (Å²) in [5.74, 6) is 0. The molecule has 0 bridgehead atoms. The smallest absolute Gasteiger partial charge is 0.210 e. The zero-order valence-corrected chi connectivity index (χ0v) is 10.5. The van der Waals surface area contributed by atoms with Gasteiger partial charge in [0.05, 0.1) is 0 Å². The monoisotopic (exact) mass is 219 g/mol. The predicted molar refractivity (Wildman–Crippen MR) is 67.3 cm³/mol. The molecule has 1 aromatic rings. The van der Waals surface area contributed by atoms with E-state index < -0.39 is 0 Å². The van der Waals surface area contributed by atoms with Gasteiger partial charge in [-0.25, -0.2) is 0 Å². The van der Waals surface area contributed by atoms with Crippen molar-refractivity contribution in [2.75, 3.05) is 6.54 Å².